The molecule has 2 unspecified atom stereocenters. The van der Waals surface area contributed by atoms with Crippen molar-refractivity contribution in [2.45, 2.75) is 38.0 Å². The second-order valence-electron chi connectivity index (χ2n) is 7.25. The third-order valence-electron chi connectivity index (χ3n) is 4.22. The summed E-state index contributed by atoms with van der Waals surface area (Å²) in [5.74, 6) is -2.34. The van der Waals surface area contributed by atoms with Gasteiger partial charge in [-0.3, -0.25) is 32.7 Å². The summed E-state index contributed by atoms with van der Waals surface area (Å²) in [6.45, 7) is 3.66. The number of ether oxygens (including phenoxy) is 1. The van der Waals surface area contributed by atoms with Gasteiger partial charge in [0.2, 0.25) is 11.8 Å². The van der Waals surface area contributed by atoms with Gasteiger partial charge in [-0.2, -0.15) is 0 Å². The Morgan fingerprint density at radius 3 is 2.48 bits per heavy atom. The number of carboxylic acids is 1. The number of carbonyl (C=O) groups is 4. The number of hydrogen-bond acceptors (Lipinski definition) is 10. The highest BCUT2D eigenvalue weighted by Crippen LogP contribution is 2.56. The van der Waals surface area contributed by atoms with Crippen LogP contribution in [0, 0.1) is 5.41 Å². The van der Waals surface area contributed by atoms with Gasteiger partial charge in [0, 0.05) is 37.8 Å². The minimum Gasteiger partial charge on any atom is -0.481 e. The molecule has 178 valence electrons. The molecule has 2 amide bonds. The normalized spacial score (nSPS) is 23.4. The Balaban J connectivity index is 2.36. The molecular formula is C17H29N2O10PS. The van der Waals surface area contributed by atoms with Crippen LogP contribution < -0.4 is 10.6 Å². The molecule has 1 fully saturated rings. The van der Waals surface area contributed by atoms with Gasteiger partial charge in [-0.1, -0.05) is 13.8 Å². The molecule has 1 aliphatic rings. The van der Waals surface area contributed by atoms with E-state index in [0.29, 0.717) is 5.75 Å². The lowest BCUT2D eigenvalue weighted by Gasteiger charge is -2.39. The summed E-state index contributed by atoms with van der Waals surface area (Å²) in [7, 11) is -1.46. The van der Waals surface area contributed by atoms with Crippen LogP contribution in [-0.4, -0.2) is 79.9 Å². The molecule has 1 rings (SSSR count). The Morgan fingerprint density at radius 1 is 1.23 bits per heavy atom. The van der Waals surface area contributed by atoms with Crippen LogP contribution in [-0.2, 0) is 42.1 Å². The summed E-state index contributed by atoms with van der Waals surface area (Å²) in [6, 6.07) is 0. The van der Waals surface area contributed by atoms with E-state index in [9.17, 15) is 23.7 Å². The molecule has 14 heteroatoms. The number of phosphoric ester groups is 1. The van der Waals surface area contributed by atoms with E-state index in [-0.39, 0.29) is 38.4 Å². The maximum atomic E-state index is 12.4. The lowest BCUT2D eigenvalue weighted by Crippen LogP contribution is -2.50. The highest BCUT2D eigenvalue weighted by Gasteiger charge is 2.48. The van der Waals surface area contributed by atoms with Gasteiger partial charge in [-0.15, -0.1) is 11.8 Å². The number of carboxylic acid groups (broad SMARTS) is 1. The summed E-state index contributed by atoms with van der Waals surface area (Å²) in [6.07, 6.45) is -1.47. The van der Waals surface area contributed by atoms with Crippen molar-refractivity contribution < 1.29 is 47.2 Å². The molecule has 0 bridgehead atoms. The second-order valence-corrected chi connectivity index (χ2v) is 10.3. The SMILES string of the molecule is COC(=O)C(CC(=O)O)SCCNC(=O)CCNC(=O)[C@@H]1OP(=O)(OC)OCC1(C)C. The zero-order valence-corrected chi connectivity index (χ0v) is 19.6. The number of hydrogen-bond donors (Lipinski definition) is 3. The predicted octanol–water partition coefficient (Wildman–Crippen LogP) is 0.555. The van der Waals surface area contributed by atoms with Gasteiger partial charge in [-0.05, 0) is 0 Å². The van der Waals surface area contributed by atoms with Gasteiger partial charge >= 0.3 is 19.8 Å². The molecule has 0 aliphatic carbocycles. The average Bonchev–Trinajstić information content (AvgIpc) is 2.71. The zero-order valence-electron chi connectivity index (χ0n) is 17.9. The molecule has 1 aliphatic heterocycles. The van der Waals surface area contributed by atoms with Crippen LogP contribution in [0.4, 0.5) is 0 Å². The molecule has 0 aromatic heterocycles. The van der Waals surface area contributed by atoms with E-state index in [2.05, 4.69) is 15.4 Å². The summed E-state index contributed by atoms with van der Waals surface area (Å²) in [5, 5.41) is 13.1. The molecular weight excluding hydrogens is 455 g/mol. The number of amides is 2. The van der Waals surface area contributed by atoms with Crippen molar-refractivity contribution in [3.05, 3.63) is 0 Å². The van der Waals surface area contributed by atoms with E-state index in [1.165, 1.54) is 7.11 Å². The van der Waals surface area contributed by atoms with Crippen LogP contribution >= 0.6 is 19.6 Å². The molecule has 3 N–H and O–H groups in total. The van der Waals surface area contributed by atoms with Crippen molar-refractivity contribution in [1.82, 2.24) is 10.6 Å². The maximum Gasteiger partial charge on any atom is 0.475 e. The third-order valence-corrected chi connectivity index (χ3v) is 6.78. The lowest BCUT2D eigenvalue weighted by molar-refractivity contribution is -0.144. The van der Waals surface area contributed by atoms with E-state index in [1.54, 1.807) is 13.8 Å². The molecule has 31 heavy (non-hydrogen) atoms. The van der Waals surface area contributed by atoms with E-state index >= 15 is 0 Å². The van der Waals surface area contributed by atoms with Gasteiger partial charge < -0.3 is 20.5 Å². The van der Waals surface area contributed by atoms with E-state index in [1.807, 2.05) is 0 Å². The Hall–Kier alpha value is -1.66. The molecule has 3 atom stereocenters. The van der Waals surface area contributed by atoms with Crippen LogP contribution in [0.5, 0.6) is 0 Å². The Labute approximate surface area is 184 Å². The molecule has 12 nitrogen and oxygen atoms in total. The average molecular weight is 484 g/mol. The third kappa shape index (κ3) is 9.16. The molecule has 0 radical (unpaired) electrons. The summed E-state index contributed by atoms with van der Waals surface area (Å²) < 4.78 is 31.7. The van der Waals surface area contributed by atoms with Gasteiger partial charge in [-0.25, -0.2) is 4.57 Å². The Kier molecular flexibility index (Phi) is 10.9. The number of rotatable bonds is 12. The second kappa shape index (κ2) is 12.4. The topological polar surface area (TPSA) is 167 Å². The fraction of sp³-hybridized carbons (Fsp3) is 0.765. The summed E-state index contributed by atoms with van der Waals surface area (Å²) >= 11 is 1.07. The van der Waals surface area contributed by atoms with E-state index in [4.69, 9.17) is 18.7 Å². The van der Waals surface area contributed by atoms with Crippen LogP contribution in [0.25, 0.3) is 0 Å². The smallest absolute Gasteiger partial charge is 0.475 e. The largest absolute Gasteiger partial charge is 0.481 e. The van der Waals surface area contributed by atoms with Gasteiger partial charge in [0.05, 0.1) is 20.1 Å². The maximum absolute atomic E-state index is 12.4. The van der Waals surface area contributed by atoms with Crippen molar-refractivity contribution in [2.75, 3.05) is 39.7 Å². The Morgan fingerprint density at radius 2 is 1.90 bits per heavy atom. The monoisotopic (exact) mass is 484 g/mol. The van der Waals surface area contributed by atoms with Crippen molar-refractivity contribution >= 4 is 43.3 Å². The molecule has 0 saturated carbocycles. The van der Waals surface area contributed by atoms with E-state index in [0.717, 1.165) is 18.9 Å². The predicted molar refractivity (Wildman–Crippen MR) is 110 cm³/mol. The number of nitrogens with one attached hydrogen (secondary N) is 2. The van der Waals surface area contributed by atoms with E-state index < -0.39 is 42.4 Å². The molecule has 0 aromatic rings. The van der Waals surface area contributed by atoms with Crippen LogP contribution in [0.15, 0.2) is 0 Å². The first-order valence-electron chi connectivity index (χ1n) is 9.38. The molecule has 0 spiro atoms. The van der Waals surface area contributed by atoms with Gasteiger partial charge in [0.25, 0.3) is 0 Å². The van der Waals surface area contributed by atoms with Crippen LogP contribution in [0.3, 0.4) is 0 Å². The highest BCUT2D eigenvalue weighted by atomic mass is 32.2. The number of thioether (sulfide) groups is 1. The molecule has 0 aromatic carbocycles. The van der Waals surface area contributed by atoms with Crippen molar-refractivity contribution in [1.29, 1.82) is 0 Å². The highest BCUT2D eigenvalue weighted by molar-refractivity contribution is 8.00. The number of carbonyl (C=O) groups excluding carboxylic acids is 3. The minimum absolute atomic E-state index is 0.00278. The Bertz CT molecular complexity index is 717. The zero-order chi connectivity index (χ0) is 23.7. The standard InChI is InChI=1S/C17H29N2O10PS/c1-17(2)10-28-30(25,27-4)29-14(17)15(23)19-6-5-12(20)18-7-8-31-11(9-13(21)22)16(24)26-3/h11,14H,5-10H2,1-4H3,(H,18,20)(H,19,23)(H,21,22)/t11?,14-,30?/m0/s1. The van der Waals surface area contributed by atoms with Crippen molar-refractivity contribution in [3.63, 3.8) is 0 Å². The number of aliphatic carboxylic acids is 1. The number of phosphoric acid groups is 1. The first-order chi connectivity index (χ1) is 14.4. The summed E-state index contributed by atoms with van der Waals surface area (Å²) in [5.41, 5.74) is -0.748. The van der Waals surface area contributed by atoms with Crippen molar-refractivity contribution in [3.8, 4) is 0 Å². The summed E-state index contributed by atoms with van der Waals surface area (Å²) in [4.78, 5) is 46.7. The van der Waals surface area contributed by atoms with Crippen LogP contribution in [0.2, 0.25) is 0 Å². The quantitative estimate of drug-likeness (QED) is 0.201. The minimum atomic E-state index is -3.79. The first-order valence-corrected chi connectivity index (χ1v) is 11.9. The fourth-order valence-corrected chi connectivity index (χ4v) is 4.87. The number of methoxy groups -OCH3 is 1. The van der Waals surface area contributed by atoms with Crippen LogP contribution in [0.1, 0.15) is 26.7 Å². The molecule has 1 saturated heterocycles. The first kappa shape index (κ1) is 27.4. The fourth-order valence-electron chi connectivity index (χ4n) is 2.49. The van der Waals surface area contributed by atoms with Gasteiger partial charge in [0.15, 0.2) is 6.10 Å². The molecule has 1 heterocycles. The lowest BCUT2D eigenvalue weighted by atomic mass is 9.87. The number of esters is 1. The van der Waals surface area contributed by atoms with Crippen molar-refractivity contribution in [2.24, 2.45) is 5.41 Å². The van der Waals surface area contributed by atoms with Gasteiger partial charge in [0.1, 0.15) is 5.25 Å².